The van der Waals surface area contributed by atoms with Gasteiger partial charge in [-0.15, -0.1) is 0 Å². The molecule has 6 nitrogen and oxygen atoms in total. The maximum atomic E-state index is 12.9. The minimum absolute atomic E-state index is 0.236. The third-order valence-electron chi connectivity index (χ3n) is 5.08. The zero-order valence-corrected chi connectivity index (χ0v) is 18.5. The van der Waals surface area contributed by atoms with E-state index in [1.165, 1.54) is 0 Å². The van der Waals surface area contributed by atoms with Crippen LogP contribution in [0, 0.1) is 0 Å². The van der Waals surface area contributed by atoms with E-state index >= 15 is 0 Å². The van der Waals surface area contributed by atoms with Gasteiger partial charge in [0.05, 0.1) is 11.0 Å². The first-order chi connectivity index (χ1) is 15.6. The second-order valence-corrected chi connectivity index (χ2v) is 8.33. The molecule has 2 amide bonds. The minimum Gasteiger partial charge on any atom is -0.340 e. The molecule has 1 heterocycles. The van der Waals surface area contributed by atoms with Crippen molar-refractivity contribution in [2.24, 2.45) is 0 Å². The highest BCUT2D eigenvalue weighted by Gasteiger charge is 2.21. The van der Waals surface area contributed by atoms with Crippen molar-refractivity contribution in [3.63, 3.8) is 0 Å². The first kappa shape index (κ1) is 21.6. The van der Waals surface area contributed by atoms with Crippen molar-refractivity contribution in [3.8, 4) is 11.4 Å². The molecule has 0 aliphatic heterocycles. The summed E-state index contributed by atoms with van der Waals surface area (Å²) in [6.07, 6.45) is 2.52. The monoisotopic (exact) mass is 444 g/mol. The van der Waals surface area contributed by atoms with E-state index in [2.05, 4.69) is 20.6 Å². The Balaban J connectivity index is 1.44. The Labute approximate surface area is 190 Å². The van der Waals surface area contributed by atoms with Gasteiger partial charge in [0.1, 0.15) is 11.9 Å². The van der Waals surface area contributed by atoms with Crippen LogP contribution < -0.4 is 10.6 Å². The van der Waals surface area contributed by atoms with Gasteiger partial charge < -0.3 is 15.6 Å². The summed E-state index contributed by atoms with van der Waals surface area (Å²) < 4.78 is 0. The molecule has 3 aromatic carbocycles. The summed E-state index contributed by atoms with van der Waals surface area (Å²) >= 11 is 1.64. The van der Waals surface area contributed by atoms with Crippen LogP contribution in [0.5, 0.6) is 0 Å². The van der Waals surface area contributed by atoms with Gasteiger partial charge in [-0.25, -0.2) is 4.98 Å². The molecular weight excluding hydrogens is 420 g/mol. The van der Waals surface area contributed by atoms with Crippen LogP contribution in [0.25, 0.3) is 22.4 Å². The number of imidazole rings is 1. The molecule has 0 aliphatic carbocycles. The SMILES string of the molecule is CSCCC(NC(=O)c1ccccc1)C(=O)Nc1ccc(-c2nc3ccccc3[nH]2)cc1. The summed E-state index contributed by atoms with van der Waals surface area (Å²) in [5.41, 5.74) is 4.01. The molecule has 1 unspecified atom stereocenters. The Kier molecular flexibility index (Phi) is 6.87. The van der Waals surface area contributed by atoms with Gasteiger partial charge >= 0.3 is 0 Å². The van der Waals surface area contributed by atoms with E-state index in [0.29, 0.717) is 17.7 Å². The van der Waals surface area contributed by atoms with Crippen molar-refractivity contribution >= 4 is 40.3 Å². The van der Waals surface area contributed by atoms with Crippen LogP contribution in [-0.4, -0.2) is 39.8 Å². The third kappa shape index (κ3) is 5.18. The molecule has 32 heavy (non-hydrogen) atoms. The third-order valence-corrected chi connectivity index (χ3v) is 5.73. The quantitative estimate of drug-likeness (QED) is 0.367. The molecule has 3 N–H and O–H groups in total. The Hall–Kier alpha value is -3.58. The number of amides is 2. The van der Waals surface area contributed by atoms with Crippen molar-refractivity contribution in [2.75, 3.05) is 17.3 Å². The molecule has 0 saturated heterocycles. The molecule has 162 valence electrons. The highest BCUT2D eigenvalue weighted by atomic mass is 32.2. The van der Waals surface area contributed by atoms with Crippen LogP contribution in [0.3, 0.4) is 0 Å². The number of H-pyrrole nitrogens is 1. The molecule has 0 saturated carbocycles. The number of fused-ring (bicyclic) bond motifs is 1. The van der Waals surface area contributed by atoms with E-state index < -0.39 is 6.04 Å². The molecule has 7 heteroatoms. The minimum atomic E-state index is -0.620. The Morgan fingerprint density at radius 1 is 0.969 bits per heavy atom. The number of nitrogens with zero attached hydrogens (tertiary/aromatic N) is 1. The molecule has 0 spiro atoms. The Morgan fingerprint density at radius 2 is 1.69 bits per heavy atom. The van der Waals surface area contributed by atoms with Crippen molar-refractivity contribution in [2.45, 2.75) is 12.5 Å². The average molecular weight is 445 g/mol. The van der Waals surface area contributed by atoms with Crippen LogP contribution in [0.2, 0.25) is 0 Å². The summed E-state index contributed by atoms with van der Waals surface area (Å²) in [5, 5.41) is 5.78. The first-order valence-corrected chi connectivity index (χ1v) is 11.7. The number of hydrogen-bond acceptors (Lipinski definition) is 4. The second-order valence-electron chi connectivity index (χ2n) is 7.34. The summed E-state index contributed by atoms with van der Waals surface area (Å²) in [4.78, 5) is 33.4. The van der Waals surface area contributed by atoms with E-state index in [-0.39, 0.29) is 11.8 Å². The van der Waals surface area contributed by atoms with Gasteiger partial charge in [0.25, 0.3) is 5.91 Å². The molecule has 0 radical (unpaired) electrons. The Bertz CT molecular complexity index is 1170. The number of aromatic nitrogens is 2. The topological polar surface area (TPSA) is 86.9 Å². The zero-order chi connectivity index (χ0) is 22.3. The summed E-state index contributed by atoms with van der Waals surface area (Å²) in [6, 6.07) is 23.7. The lowest BCUT2D eigenvalue weighted by Crippen LogP contribution is -2.44. The maximum absolute atomic E-state index is 12.9. The number of carbonyl (C=O) groups is 2. The summed E-state index contributed by atoms with van der Waals surface area (Å²) in [5.74, 6) is 1.04. The molecule has 4 aromatic rings. The lowest BCUT2D eigenvalue weighted by molar-refractivity contribution is -0.118. The number of hydrogen-bond donors (Lipinski definition) is 3. The largest absolute Gasteiger partial charge is 0.340 e. The highest BCUT2D eigenvalue weighted by Crippen LogP contribution is 2.22. The fraction of sp³-hybridized carbons (Fsp3) is 0.160. The van der Waals surface area contributed by atoms with E-state index in [1.54, 1.807) is 36.0 Å². The van der Waals surface area contributed by atoms with Crippen LogP contribution in [0.1, 0.15) is 16.8 Å². The van der Waals surface area contributed by atoms with E-state index in [0.717, 1.165) is 28.2 Å². The second kappa shape index (κ2) is 10.2. The van der Waals surface area contributed by atoms with E-state index in [9.17, 15) is 9.59 Å². The van der Waals surface area contributed by atoms with Gasteiger partial charge in [0.15, 0.2) is 0 Å². The fourth-order valence-corrected chi connectivity index (χ4v) is 3.84. The summed E-state index contributed by atoms with van der Waals surface area (Å²) in [6.45, 7) is 0. The number of benzene rings is 3. The number of anilines is 1. The van der Waals surface area contributed by atoms with Crippen molar-refractivity contribution < 1.29 is 9.59 Å². The van der Waals surface area contributed by atoms with Gasteiger partial charge in [-0.1, -0.05) is 30.3 Å². The maximum Gasteiger partial charge on any atom is 0.251 e. The van der Waals surface area contributed by atoms with Gasteiger partial charge in [0.2, 0.25) is 5.91 Å². The summed E-state index contributed by atoms with van der Waals surface area (Å²) in [7, 11) is 0. The molecule has 1 aromatic heterocycles. The first-order valence-electron chi connectivity index (χ1n) is 10.3. The smallest absolute Gasteiger partial charge is 0.251 e. The van der Waals surface area contributed by atoms with Gasteiger partial charge in [-0.2, -0.15) is 11.8 Å². The van der Waals surface area contributed by atoms with Gasteiger partial charge in [-0.3, -0.25) is 9.59 Å². The zero-order valence-electron chi connectivity index (χ0n) is 17.7. The van der Waals surface area contributed by atoms with Gasteiger partial charge in [-0.05, 0) is 67.0 Å². The van der Waals surface area contributed by atoms with Crippen LogP contribution in [0.4, 0.5) is 5.69 Å². The van der Waals surface area contributed by atoms with E-state index in [1.807, 2.05) is 60.9 Å². The van der Waals surface area contributed by atoms with E-state index in [4.69, 9.17) is 0 Å². The molecule has 0 fully saturated rings. The van der Waals surface area contributed by atoms with Crippen LogP contribution >= 0.6 is 11.8 Å². The predicted octanol–water partition coefficient (Wildman–Crippen LogP) is 4.72. The number of aromatic amines is 1. The van der Waals surface area contributed by atoms with Crippen molar-refractivity contribution in [1.82, 2.24) is 15.3 Å². The number of thioether (sulfide) groups is 1. The lowest BCUT2D eigenvalue weighted by atomic mass is 10.1. The number of nitrogens with one attached hydrogen (secondary N) is 3. The standard InChI is InChI=1S/C25H24N4O2S/c1-32-16-15-22(29-24(30)18-7-3-2-4-8-18)25(31)26-19-13-11-17(12-14-19)23-27-20-9-5-6-10-21(20)28-23/h2-14,22H,15-16H2,1H3,(H,26,31)(H,27,28)(H,29,30). The molecular formula is C25H24N4O2S. The van der Waals surface area contributed by atoms with Gasteiger partial charge in [0, 0.05) is 16.8 Å². The molecule has 4 rings (SSSR count). The van der Waals surface area contributed by atoms with Crippen LogP contribution in [-0.2, 0) is 4.79 Å². The number of para-hydroxylation sites is 2. The van der Waals surface area contributed by atoms with Crippen LogP contribution in [0.15, 0.2) is 78.9 Å². The fourth-order valence-electron chi connectivity index (χ4n) is 3.37. The predicted molar refractivity (Wildman–Crippen MR) is 131 cm³/mol. The number of carbonyl (C=O) groups excluding carboxylic acids is 2. The van der Waals surface area contributed by atoms with Crippen molar-refractivity contribution in [3.05, 3.63) is 84.4 Å². The Morgan fingerprint density at radius 3 is 2.41 bits per heavy atom. The van der Waals surface area contributed by atoms with Crippen molar-refractivity contribution in [1.29, 1.82) is 0 Å². The molecule has 1 atom stereocenters. The average Bonchev–Trinajstić information content (AvgIpc) is 3.27. The normalized spacial score (nSPS) is 11.8. The molecule has 0 aliphatic rings. The number of rotatable bonds is 8. The molecule has 0 bridgehead atoms. The lowest BCUT2D eigenvalue weighted by Gasteiger charge is -2.18. The highest BCUT2D eigenvalue weighted by molar-refractivity contribution is 7.98.